The molecule has 0 aliphatic rings. The minimum atomic E-state index is -0.580. The Morgan fingerprint density at radius 1 is 1.00 bits per heavy atom. The van der Waals surface area contributed by atoms with Crippen LogP contribution in [-0.2, 0) is 0 Å². The first-order chi connectivity index (χ1) is 13.4. The van der Waals surface area contributed by atoms with Crippen molar-refractivity contribution in [1.29, 1.82) is 0 Å². The molecule has 0 aliphatic heterocycles. The molecule has 0 fully saturated rings. The van der Waals surface area contributed by atoms with Gasteiger partial charge in [0.1, 0.15) is 5.00 Å². The second kappa shape index (κ2) is 8.86. The van der Waals surface area contributed by atoms with Crippen LogP contribution in [0.1, 0.15) is 36.0 Å². The zero-order valence-electron chi connectivity index (χ0n) is 15.1. The highest BCUT2D eigenvalue weighted by molar-refractivity contribution is 8.00. The summed E-state index contributed by atoms with van der Waals surface area (Å²) in [7, 11) is 0. The lowest BCUT2D eigenvalue weighted by atomic mass is 10.2. The maximum atomic E-state index is 12.6. The molecule has 0 aliphatic carbocycles. The standard InChI is InChI=1S/C21H18N2O3S2/c1-13-10-17(19(22)25)21(28-13)23-20(26)15-8-5-9-16(11-15)27-12-18(24)14-6-3-2-4-7-14/h2-11H,12H2,1H3,(H2,22,25)(H,23,26). The molecule has 1 heterocycles. The van der Waals surface area contributed by atoms with Crippen LogP contribution in [0.3, 0.4) is 0 Å². The summed E-state index contributed by atoms with van der Waals surface area (Å²) in [4.78, 5) is 38.0. The number of thioether (sulfide) groups is 1. The van der Waals surface area contributed by atoms with Crippen LogP contribution in [0.15, 0.2) is 65.6 Å². The van der Waals surface area contributed by atoms with Gasteiger partial charge in [0.2, 0.25) is 0 Å². The second-order valence-electron chi connectivity index (χ2n) is 6.02. The van der Waals surface area contributed by atoms with E-state index in [0.29, 0.717) is 21.7 Å². The summed E-state index contributed by atoms with van der Waals surface area (Å²) < 4.78 is 0. The number of thiophene rings is 1. The summed E-state index contributed by atoms with van der Waals surface area (Å²) in [5.74, 6) is -0.601. The molecular formula is C21H18N2O3S2. The van der Waals surface area contributed by atoms with Gasteiger partial charge in [-0.2, -0.15) is 0 Å². The smallest absolute Gasteiger partial charge is 0.256 e. The number of rotatable bonds is 7. The summed E-state index contributed by atoms with van der Waals surface area (Å²) in [6, 6.07) is 17.8. The molecule has 0 bridgehead atoms. The number of aryl methyl sites for hydroxylation is 1. The number of benzene rings is 2. The lowest BCUT2D eigenvalue weighted by Gasteiger charge is -2.07. The molecule has 142 valence electrons. The number of ketones is 1. The number of nitrogens with two attached hydrogens (primary N) is 1. The Kier molecular flexibility index (Phi) is 6.28. The van der Waals surface area contributed by atoms with Crippen molar-refractivity contribution < 1.29 is 14.4 Å². The number of hydrogen-bond acceptors (Lipinski definition) is 5. The number of carbonyl (C=O) groups excluding carboxylic acids is 3. The van der Waals surface area contributed by atoms with Gasteiger partial charge in [-0.15, -0.1) is 23.1 Å². The largest absolute Gasteiger partial charge is 0.366 e. The minimum Gasteiger partial charge on any atom is -0.366 e. The van der Waals surface area contributed by atoms with Gasteiger partial charge in [-0.3, -0.25) is 14.4 Å². The zero-order valence-corrected chi connectivity index (χ0v) is 16.7. The van der Waals surface area contributed by atoms with Gasteiger partial charge in [-0.25, -0.2) is 0 Å². The molecule has 3 aromatic rings. The molecule has 2 aromatic carbocycles. The highest BCUT2D eigenvalue weighted by atomic mass is 32.2. The van der Waals surface area contributed by atoms with E-state index in [9.17, 15) is 14.4 Å². The van der Waals surface area contributed by atoms with Gasteiger partial charge in [-0.1, -0.05) is 36.4 Å². The second-order valence-corrected chi connectivity index (χ2v) is 8.33. The van der Waals surface area contributed by atoms with E-state index in [4.69, 9.17) is 5.73 Å². The van der Waals surface area contributed by atoms with Crippen molar-refractivity contribution in [3.8, 4) is 0 Å². The molecule has 3 N–H and O–H groups in total. The maximum absolute atomic E-state index is 12.6. The number of primary amides is 1. The highest BCUT2D eigenvalue weighted by Crippen LogP contribution is 2.28. The molecule has 5 nitrogen and oxygen atoms in total. The first-order valence-corrected chi connectivity index (χ1v) is 10.3. The maximum Gasteiger partial charge on any atom is 0.256 e. The molecule has 0 atom stereocenters. The van der Waals surface area contributed by atoms with E-state index >= 15 is 0 Å². The summed E-state index contributed by atoms with van der Waals surface area (Å²) in [6.07, 6.45) is 0. The zero-order chi connectivity index (χ0) is 20.1. The molecule has 7 heteroatoms. The molecule has 0 radical (unpaired) electrons. The lowest BCUT2D eigenvalue weighted by Crippen LogP contribution is -2.16. The molecule has 0 saturated carbocycles. The van der Waals surface area contributed by atoms with Crippen molar-refractivity contribution >= 4 is 45.7 Å². The van der Waals surface area contributed by atoms with Crippen LogP contribution in [0.2, 0.25) is 0 Å². The molecule has 0 saturated heterocycles. The normalized spacial score (nSPS) is 10.5. The quantitative estimate of drug-likeness (QED) is 0.447. The van der Waals surface area contributed by atoms with E-state index in [2.05, 4.69) is 5.32 Å². The number of Topliss-reactive ketones (excluding diaryl/α,β-unsaturated/α-hetero) is 1. The Hall–Kier alpha value is -2.90. The number of hydrogen-bond donors (Lipinski definition) is 2. The fourth-order valence-corrected chi connectivity index (χ4v) is 4.31. The number of anilines is 1. The first-order valence-electron chi connectivity index (χ1n) is 8.47. The van der Waals surface area contributed by atoms with Crippen LogP contribution in [0.4, 0.5) is 5.00 Å². The average molecular weight is 411 g/mol. The third-order valence-corrected chi connectivity index (χ3v) is 5.87. The van der Waals surface area contributed by atoms with Crippen molar-refractivity contribution in [2.75, 3.05) is 11.1 Å². The Morgan fingerprint density at radius 3 is 2.43 bits per heavy atom. The molecule has 1 aromatic heterocycles. The molecule has 28 heavy (non-hydrogen) atoms. The molecule has 2 amide bonds. The summed E-state index contributed by atoms with van der Waals surface area (Å²) in [6.45, 7) is 1.84. The van der Waals surface area contributed by atoms with Crippen molar-refractivity contribution in [2.45, 2.75) is 11.8 Å². The highest BCUT2D eigenvalue weighted by Gasteiger charge is 2.16. The Morgan fingerprint density at radius 2 is 1.71 bits per heavy atom. The van der Waals surface area contributed by atoms with Gasteiger partial charge < -0.3 is 11.1 Å². The predicted octanol–water partition coefficient (Wildman–Crippen LogP) is 4.38. The third-order valence-electron chi connectivity index (χ3n) is 3.91. The SMILES string of the molecule is Cc1cc(C(N)=O)c(NC(=O)c2cccc(SCC(=O)c3ccccc3)c2)s1. The fourth-order valence-electron chi connectivity index (χ4n) is 2.55. The summed E-state index contributed by atoms with van der Waals surface area (Å²) in [5, 5.41) is 3.19. The monoisotopic (exact) mass is 410 g/mol. The van der Waals surface area contributed by atoms with E-state index < -0.39 is 5.91 Å². The summed E-state index contributed by atoms with van der Waals surface area (Å²) in [5.41, 5.74) is 6.77. The van der Waals surface area contributed by atoms with E-state index in [1.165, 1.54) is 23.1 Å². The van der Waals surface area contributed by atoms with Crippen LogP contribution < -0.4 is 11.1 Å². The lowest BCUT2D eigenvalue weighted by molar-refractivity contribution is 0.0998. The van der Waals surface area contributed by atoms with Crippen molar-refractivity contribution in [2.24, 2.45) is 5.73 Å². The minimum absolute atomic E-state index is 0.0283. The van der Waals surface area contributed by atoms with Crippen molar-refractivity contribution in [3.05, 3.63) is 82.2 Å². The molecule has 3 rings (SSSR count). The predicted molar refractivity (Wildman–Crippen MR) is 113 cm³/mol. The van der Waals surface area contributed by atoms with Crippen LogP contribution in [0.25, 0.3) is 0 Å². The van der Waals surface area contributed by atoms with Crippen molar-refractivity contribution in [3.63, 3.8) is 0 Å². The van der Waals surface area contributed by atoms with E-state index in [1.54, 1.807) is 36.4 Å². The van der Waals surface area contributed by atoms with Gasteiger partial charge in [0.25, 0.3) is 11.8 Å². The van der Waals surface area contributed by atoms with E-state index in [0.717, 1.165) is 9.77 Å². The van der Waals surface area contributed by atoms with Crippen LogP contribution >= 0.6 is 23.1 Å². The van der Waals surface area contributed by atoms with Gasteiger partial charge in [-0.05, 0) is 31.2 Å². The Balaban J connectivity index is 1.68. The Bertz CT molecular complexity index is 1030. The van der Waals surface area contributed by atoms with E-state index in [-0.39, 0.29) is 17.4 Å². The number of nitrogens with one attached hydrogen (secondary N) is 1. The van der Waals surface area contributed by atoms with E-state index in [1.807, 2.05) is 31.2 Å². The van der Waals surface area contributed by atoms with Gasteiger partial charge in [0, 0.05) is 20.9 Å². The van der Waals surface area contributed by atoms with Gasteiger partial charge in [0.15, 0.2) is 5.78 Å². The third kappa shape index (κ3) is 4.88. The molecule has 0 unspecified atom stereocenters. The van der Waals surface area contributed by atoms with Gasteiger partial charge >= 0.3 is 0 Å². The van der Waals surface area contributed by atoms with Gasteiger partial charge in [0.05, 0.1) is 11.3 Å². The number of carbonyl (C=O) groups is 3. The van der Waals surface area contributed by atoms with Crippen LogP contribution in [0, 0.1) is 6.92 Å². The van der Waals surface area contributed by atoms with Crippen LogP contribution in [-0.4, -0.2) is 23.4 Å². The fraction of sp³-hybridized carbons (Fsp3) is 0.0952. The first kappa shape index (κ1) is 19.9. The molecular weight excluding hydrogens is 392 g/mol. The topological polar surface area (TPSA) is 89.3 Å². The molecule has 0 spiro atoms. The van der Waals surface area contributed by atoms with Crippen molar-refractivity contribution in [1.82, 2.24) is 0 Å². The average Bonchev–Trinajstić information content (AvgIpc) is 3.07. The Labute approximate surface area is 171 Å². The summed E-state index contributed by atoms with van der Waals surface area (Å²) >= 11 is 2.67. The number of amides is 2. The van der Waals surface area contributed by atoms with Crippen LogP contribution in [0.5, 0.6) is 0 Å².